The molecule has 1 aliphatic carbocycles. The SMILES string of the molecule is CC/C=C\C/C=C\C/C=C\CCCCCCCC(=O)N[C@H]1CCC[C@H]1NC(=O)CCCCCCC/C=C\C/C=C\C/C=C\CC. The van der Waals surface area contributed by atoms with Crippen molar-refractivity contribution in [3.8, 4) is 0 Å². The number of amides is 2. The van der Waals surface area contributed by atoms with E-state index in [9.17, 15) is 9.59 Å². The Morgan fingerprint density at radius 3 is 1.20 bits per heavy atom. The molecule has 0 aromatic carbocycles. The zero-order valence-electron chi connectivity index (χ0n) is 29.2. The molecule has 0 saturated heterocycles. The molecule has 2 atom stereocenters. The largest absolute Gasteiger partial charge is 0.351 e. The Balaban J connectivity index is 2.00. The fourth-order valence-corrected chi connectivity index (χ4v) is 5.67. The van der Waals surface area contributed by atoms with Crippen LogP contribution in [0.3, 0.4) is 0 Å². The van der Waals surface area contributed by atoms with Crippen molar-refractivity contribution in [2.24, 2.45) is 0 Å². The van der Waals surface area contributed by atoms with Gasteiger partial charge in [-0.1, -0.05) is 125 Å². The number of carbonyl (C=O) groups excluding carboxylic acids is 2. The molecule has 0 radical (unpaired) electrons. The zero-order chi connectivity index (χ0) is 32.5. The molecule has 254 valence electrons. The topological polar surface area (TPSA) is 58.2 Å². The summed E-state index contributed by atoms with van der Waals surface area (Å²) in [5, 5.41) is 6.44. The fourth-order valence-electron chi connectivity index (χ4n) is 5.67. The Morgan fingerprint density at radius 2 is 0.800 bits per heavy atom. The van der Waals surface area contributed by atoms with Gasteiger partial charge in [0.05, 0.1) is 0 Å². The fraction of sp³-hybridized carbons (Fsp3) is 0.659. The Labute approximate surface area is 278 Å². The molecule has 45 heavy (non-hydrogen) atoms. The molecule has 2 amide bonds. The van der Waals surface area contributed by atoms with E-state index in [-0.39, 0.29) is 23.9 Å². The van der Waals surface area contributed by atoms with Crippen LogP contribution in [0.1, 0.15) is 162 Å². The predicted octanol–water partition coefficient (Wildman–Crippen LogP) is 11.3. The predicted molar refractivity (Wildman–Crippen MR) is 196 cm³/mol. The van der Waals surface area contributed by atoms with Crippen molar-refractivity contribution in [2.75, 3.05) is 0 Å². The molecule has 4 nitrogen and oxygen atoms in total. The van der Waals surface area contributed by atoms with Gasteiger partial charge in [-0.25, -0.2) is 0 Å². The highest BCUT2D eigenvalue weighted by atomic mass is 16.2. The standard InChI is InChI=1S/C41H68N2O2/c1-3-5-7-9-11-13-15-17-19-21-23-25-27-29-31-36-40(44)42-38-34-33-35-39(38)43-41(45)37-32-30-28-26-24-22-20-18-16-14-12-10-8-6-4-2/h5-8,11-14,17-20,38-39H,3-4,9-10,15-16,21-37H2,1-2H3,(H,42,44)(H,43,45)/b7-5-,8-6-,13-11-,14-12-,19-17-,20-18-/t38-,39+. The van der Waals surface area contributed by atoms with E-state index in [4.69, 9.17) is 0 Å². The van der Waals surface area contributed by atoms with Gasteiger partial charge < -0.3 is 10.6 Å². The minimum absolute atomic E-state index is 0.0947. The first-order valence-corrected chi connectivity index (χ1v) is 18.7. The smallest absolute Gasteiger partial charge is 0.220 e. The van der Waals surface area contributed by atoms with Gasteiger partial charge in [0.1, 0.15) is 0 Å². The summed E-state index contributed by atoms with van der Waals surface area (Å²) in [6.07, 6.45) is 51.2. The van der Waals surface area contributed by atoms with Crippen molar-refractivity contribution in [2.45, 2.75) is 174 Å². The normalized spacial score (nSPS) is 17.4. The molecule has 1 fully saturated rings. The number of unbranched alkanes of at least 4 members (excludes halogenated alkanes) is 10. The van der Waals surface area contributed by atoms with Crippen LogP contribution in [-0.2, 0) is 9.59 Å². The molecule has 0 aromatic heterocycles. The molecule has 1 rings (SSSR count). The van der Waals surface area contributed by atoms with E-state index < -0.39 is 0 Å². The minimum Gasteiger partial charge on any atom is -0.351 e. The number of rotatable bonds is 28. The first kappa shape index (κ1) is 40.4. The zero-order valence-corrected chi connectivity index (χ0v) is 29.2. The van der Waals surface area contributed by atoms with E-state index in [1.807, 2.05) is 0 Å². The Kier molecular flexibility index (Phi) is 28.2. The summed E-state index contributed by atoms with van der Waals surface area (Å²) in [6.45, 7) is 4.32. The first-order chi connectivity index (χ1) is 22.2. The third kappa shape index (κ3) is 26.3. The maximum absolute atomic E-state index is 12.5. The van der Waals surface area contributed by atoms with Crippen molar-refractivity contribution in [3.05, 3.63) is 72.9 Å². The minimum atomic E-state index is 0.0947. The quantitative estimate of drug-likeness (QED) is 0.0675. The second kappa shape index (κ2) is 31.4. The summed E-state index contributed by atoms with van der Waals surface area (Å²) in [6, 6.07) is 0.189. The molecule has 0 spiro atoms. The summed E-state index contributed by atoms with van der Waals surface area (Å²) in [7, 11) is 0. The van der Waals surface area contributed by atoms with Crippen LogP contribution in [0.25, 0.3) is 0 Å². The van der Waals surface area contributed by atoms with Crippen LogP contribution in [0.5, 0.6) is 0 Å². The highest BCUT2D eigenvalue weighted by Gasteiger charge is 2.29. The van der Waals surface area contributed by atoms with E-state index in [0.717, 1.165) is 96.3 Å². The van der Waals surface area contributed by atoms with Crippen molar-refractivity contribution < 1.29 is 9.59 Å². The van der Waals surface area contributed by atoms with Gasteiger partial charge >= 0.3 is 0 Å². The number of carbonyl (C=O) groups is 2. The van der Waals surface area contributed by atoms with Gasteiger partial charge in [0.15, 0.2) is 0 Å². The van der Waals surface area contributed by atoms with Crippen LogP contribution < -0.4 is 10.6 Å². The third-order valence-electron chi connectivity index (χ3n) is 8.32. The lowest BCUT2D eigenvalue weighted by Gasteiger charge is -2.22. The molecule has 4 heteroatoms. The molecule has 2 N–H and O–H groups in total. The molecule has 0 bridgehead atoms. The van der Waals surface area contributed by atoms with E-state index in [0.29, 0.717) is 12.8 Å². The second-order valence-electron chi connectivity index (χ2n) is 12.5. The summed E-state index contributed by atoms with van der Waals surface area (Å²) in [4.78, 5) is 25.1. The van der Waals surface area contributed by atoms with E-state index in [2.05, 4.69) is 97.4 Å². The van der Waals surface area contributed by atoms with Gasteiger partial charge in [-0.2, -0.15) is 0 Å². The average molecular weight is 621 g/mol. The van der Waals surface area contributed by atoms with Gasteiger partial charge in [-0.3, -0.25) is 9.59 Å². The van der Waals surface area contributed by atoms with Crippen molar-refractivity contribution in [1.29, 1.82) is 0 Å². The van der Waals surface area contributed by atoms with Crippen molar-refractivity contribution in [3.63, 3.8) is 0 Å². The van der Waals surface area contributed by atoms with Crippen molar-refractivity contribution in [1.82, 2.24) is 10.6 Å². The summed E-state index contributed by atoms with van der Waals surface area (Å²) in [5.41, 5.74) is 0. The van der Waals surface area contributed by atoms with Crippen LogP contribution in [-0.4, -0.2) is 23.9 Å². The lowest BCUT2D eigenvalue weighted by atomic mass is 10.1. The van der Waals surface area contributed by atoms with Gasteiger partial charge in [-0.05, 0) is 96.3 Å². The molecule has 0 unspecified atom stereocenters. The van der Waals surface area contributed by atoms with Crippen LogP contribution in [0.15, 0.2) is 72.9 Å². The molecular formula is C41H68N2O2. The van der Waals surface area contributed by atoms with Crippen LogP contribution in [0.4, 0.5) is 0 Å². The van der Waals surface area contributed by atoms with E-state index >= 15 is 0 Å². The van der Waals surface area contributed by atoms with E-state index in [1.165, 1.54) is 38.5 Å². The molecular weight excluding hydrogens is 552 g/mol. The van der Waals surface area contributed by atoms with Gasteiger partial charge in [-0.15, -0.1) is 0 Å². The maximum atomic E-state index is 12.5. The number of nitrogens with one attached hydrogen (secondary N) is 2. The molecule has 1 aliphatic rings. The molecule has 1 saturated carbocycles. The van der Waals surface area contributed by atoms with Crippen LogP contribution in [0.2, 0.25) is 0 Å². The summed E-state index contributed by atoms with van der Waals surface area (Å²) >= 11 is 0. The lowest BCUT2D eigenvalue weighted by molar-refractivity contribution is -0.124. The Hall–Kier alpha value is -2.62. The first-order valence-electron chi connectivity index (χ1n) is 18.7. The maximum Gasteiger partial charge on any atom is 0.220 e. The van der Waals surface area contributed by atoms with Gasteiger partial charge in [0, 0.05) is 24.9 Å². The molecule has 0 aromatic rings. The monoisotopic (exact) mass is 621 g/mol. The highest BCUT2D eigenvalue weighted by molar-refractivity contribution is 5.78. The number of hydrogen-bond acceptors (Lipinski definition) is 2. The Morgan fingerprint density at radius 1 is 0.467 bits per heavy atom. The average Bonchev–Trinajstić information content (AvgIpc) is 3.46. The molecule has 0 aliphatic heterocycles. The van der Waals surface area contributed by atoms with E-state index in [1.54, 1.807) is 0 Å². The van der Waals surface area contributed by atoms with Gasteiger partial charge in [0.2, 0.25) is 11.8 Å². The third-order valence-corrected chi connectivity index (χ3v) is 8.32. The van der Waals surface area contributed by atoms with Crippen molar-refractivity contribution >= 4 is 11.8 Å². The second-order valence-corrected chi connectivity index (χ2v) is 12.5. The van der Waals surface area contributed by atoms with Gasteiger partial charge in [0.25, 0.3) is 0 Å². The van der Waals surface area contributed by atoms with Crippen LogP contribution >= 0.6 is 0 Å². The highest BCUT2D eigenvalue weighted by Crippen LogP contribution is 2.20. The number of allylic oxidation sites excluding steroid dienone is 12. The summed E-state index contributed by atoms with van der Waals surface area (Å²) in [5.74, 6) is 0.293. The molecule has 0 heterocycles. The summed E-state index contributed by atoms with van der Waals surface area (Å²) < 4.78 is 0. The lowest BCUT2D eigenvalue weighted by Crippen LogP contribution is -2.48. The Bertz CT molecular complexity index is 823. The number of hydrogen-bond donors (Lipinski definition) is 2. The van der Waals surface area contributed by atoms with Crippen LogP contribution in [0, 0.1) is 0 Å².